The van der Waals surface area contributed by atoms with E-state index in [0.29, 0.717) is 29.4 Å². The summed E-state index contributed by atoms with van der Waals surface area (Å²) in [4.78, 5) is 50.2. The zero-order chi connectivity index (χ0) is 25.5. The molecule has 1 saturated heterocycles. The van der Waals surface area contributed by atoms with Crippen LogP contribution in [0.15, 0.2) is 41.3 Å². The molecular weight excluding hydrogens is 472 g/mol. The molecule has 3 rings (SSSR count). The van der Waals surface area contributed by atoms with Crippen molar-refractivity contribution in [3.05, 3.63) is 58.0 Å². The Labute approximate surface area is 207 Å². The number of esters is 1. The number of benzene rings is 2. The molecule has 10 heteroatoms. The highest BCUT2D eigenvalue weighted by Gasteiger charge is 2.36. The Morgan fingerprint density at radius 1 is 1.03 bits per heavy atom. The van der Waals surface area contributed by atoms with Crippen molar-refractivity contribution in [2.75, 3.05) is 32.2 Å². The van der Waals surface area contributed by atoms with Crippen molar-refractivity contribution in [2.24, 2.45) is 0 Å². The maximum absolute atomic E-state index is 12.8. The van der Waals surface area contributed by atoms with Crippen LogP contribution >= 0.6 is 11.8 Å². The SMILES string of the molecule is CCOc1cc(/C=C2/SC(=O)N(CC(=O)Nc3ccc(C)c(C)c3)C2=O)ccc1OCC(=O)OC. The molecule has 2 aromatic rings. The van der Waals surface area contributed by atoms with Gasteiger partial charge in [-0.05, 0) is 79.6 Å². The van der Waals surface area contributed by atoms with Crippen molar-refractivity contribution in [3.63, 3.8) is 0 Å². The summed E-state index contributed by atoms with van der Waals surface area (Å²) in [5, 5.41) is 2.19. The Morgan fingerprint density at radius 2 is 1.80 bits per heavy atom. The summed E-state index contributed by atoms with van der Waals surface area (Å²) in [5.74, 6) is -0.851. The van der Waals surface area contributed by atoms with Crippen LogP contribution in [0.3, 0.4) is 0 Å². The number of hydrogen-bond donors (Lipinski definition) is 1. The first-order valence-electron chi connectivity index (χ1n) is 10.8. The van der Waals surface area contributed by atoms with Crippen molar-refractivity contribution in [2.45, 2.75) is 20.8 Å². The highest BCUT2D eigenvalue weighted by atomic mass is 32.2. The lowest BCUT2D eigenvalue weighted by atomic mass is 10.1. The van der Waals surface area contributed by atoms with Crippen molar-refractivity contribution < 1.29 is 33.4 Å². The van der Waals surface area contributed by atoms with Gasteiger partial charge in [0.15, 0.2) is 18.1 Å². The van der Waals surface area contributed by atoms with E-state index in [9.17, 15) is 19.2 Å². The fourth-order valence-electron chi connectivity index (χ4n) is 3.15. The molecule has 0 spiro atoms. The lowest BCUT2D eigenvalue weighted by Gasteiger charge is -2.13. The molecule has 0 aromatic heterocycles. The second-order valence-electron chi connectivity index (χ2n) is 7.62. The van der Waals surface area contributed by atoms with Gasteiger partial charge in [-0.1, -0.05) is 12.1 Å². The quantitative estimate of drug-likeness (QED) is 0.409. The third-order valence-electron chi connectivity index (χ3n) is 5.10. The van der Waals surface area contributed by atoms with Crippen LogP contribution in [0.4, 0.5) is 10.5 Å². The summed E-state index contributed by atoms with van der Waals surface area (Å²) in [7, 11) is 1.26. The molecule has 0 unspecified atom stereocenters. The van der Waals surface area contributed by atoms with Crippen LogP contribution in [0.5, 0.6) is 11.5 Å². The van der Waals surface area contributed by atoms with E-state index in [1.165, 1.54) is 7.11 Å². The van der Waals surface area contributed by atoms with E-state index >= 15 is 0 Å². The normalized spacial score (nSPS) is 14.3. The molecule has 0 bridgehead atoms. The number of aryl methyl sites for hydroxylation is 2. The number of methoxy groups -OCH3 is 1. The number of nitrogens with one attached hydrogen (secondary N) is 1. The first-order valence-corrected chi connectivity index (χ1v) is 11.6. The number of carbonyl (C=O) groups is 4. The van der Waals surface area contributed by atoms with E-state index < -0.39 is 23.0 Å². The second-order valence-corrected chi connectivity index (χ2v) is 8.61. The minimum absolute atomic E-state index is 0.180. The maximum Gasteiger partial charge on any atom is 0.343 e. The summed E-state index contributed by atoms with van der Waals surface area (Å²) in [6.45, 7) is 5.38. The summed E-state index contributed by atoms with van der Waals surface area (Å²) < 4.78 is 15.6. The van der Waals surface area contributed by atoms with Crippen molar-refractivity contribution in [1.29, 1.82) is 0 Å². The minimum Gasteiger partial charge on any atom is -0.490 e. The van der Waals surface area contributed by atoms with Gasteiger partial charge in [0, 0.05) is 5.69 Å². The van der Waals surface area contributed by atoms with E-state index in [2.05, 4.69) is 10.1 Å². The molecule has 1 aliphatic rings. The Bertz CT molecular complexity index is 1190. The molecular formula is C25H26N2O7S. The predicted octanol–water partition coefficient (Wildman–Crippen LogP) is 3.93. The third-order valence-corrected chi connectivity index (χ3v) is 6.01. The van der Waals surface area contributed by atoms with E-state index in [4.69, 9.17) is 9.47 Å². The number of rotatable bonds is 9. The lowest BCUT2D eigenvalue weighted by molar-refractivity contribution is -0.143. The number of thioether (sulfide) groups is 1. The highest BCUT2D eigenvalue weighted by Crippen LogP contribution is 2.34. The zero-order valence-electron chi connectivity index (χ0n) is 19.9. The smallest absolute Gasteiger partial charge is 0.343 e. The van der Waals surface area contributed by atoms with Crippen LogP contribution < -0.4 is 14.8 Å². The summed E-state index contributed by atoms with van der Waals surface area (Å²) in [5.41, 5.74) is 3.29. The molecule has 2 aromatic carbocycles. The number of hydrogen-bond acceptors (Lipinski definition) is 8. The van der Waals surface area contributed by atoms with Crippen LogP contribution in [0.2, 0.25) is 0 Å². The van der Waals surface area contributed by atoms with E-state index in [0.717, 1.165) is 27.8 Å². The molecule has 0 atom stereocenters. The fourth-order valence-corrected chi connectivity index (χ4v) is 3.99. The maximum atomic E-state index is 12.8. The van der Waals surface area contributed by atoms with Crippen molar-refractivity contribution in [3.8, 4) is 11.5 Å². The Hall–Kier alpha value is -3.79. The molecule has 0 saturated carbocycles. The molecule has 9 nitrogen and oxygen atoms in total. The fraction of sp³-hybridized carbons (Fsp3) is 0.280. The molecule has 1 N–H and O–H groups in total. The molecule has 1 fully saturated rings. The van der Waals surface area contributed by atoms with Gasteiger partial charge in [-0.25, -0.2) is 4.79 Å². The van der Waals surface area contributed by atoms with Gasteiger partial charge < -0.3 is 19.5 Å². The lowest BCUT2D eigenvalue weighted by Crippen LogP contribution is -2.36. The van der Waals surface area contributed by atoms with Gasteiger partial charge in [-0.2, -0.15) is 0 Å². The van der Waals surface area contributed by atoms with Crippen molar-refractivity contribution in [1.82, 2.24) is 4.90 Å². The largest absolute Gasteiger partial charge is 0.490 e. The van der Waals surface area contributed by atoms with Gasteiger partial charge >= 0.3 is 5.97 Å². The van der Waals surface area contributed by atoms with Gasteiger partial charge in [0.2, 0.25) is 5.91 Å². The zero-order valence-corrected chi connectivity index (χ0v) is 20.7. The van der Waals surface area contributed by atoms with E-state index in [1.807, 2.05) is 26.0 Å². The third kappa shape index (κ3) is 6.63. The second kappa shape index (κ2) is 11.6. The van der Waals surface area contributed by atoms with E-state index in [1.54, 1.807) is 37.3 Å². The van der Waals surface area contributed by atoms with Gasteiger partial charge in [0.05, 0.1) is 18.6 Å². The molecule has 35 heavy (non-hydrogen) atoms. The van der Waals surface area contributed by atoms with Crippen LogP contribution in [-0.2, 0) is 19.1 Å². The van der Waals surface area contributed by atoms with Gasteiger partial charge in [-0.15, -0.1) is 0 Å². The molecule has 1 heterocycles. The summed E-state index contributed by atoms with van der Waals surface area (Å²) in [6, 6.07) is 10.4. The van der Waals surface area contributed by atoms with Crippen molar-refractivity contribution >= 4 is 46.5 Å². The van der Waals surface area contributed by atoms with Gasteiger partial charge in [-0.3, -0.25) is 19.3 Å². The minimum atomic E-state index is -0.556. The van der Waals surface area contributed by atoms with Gasteiger partial charge in [0.1, 0.15) is 6.54 Å². The van der Waals surface area contributed by atoms with Crippen LogP contribution in [0.1, 0.15) is 23.6 Å². The standard InChI is InChI=1S/C25H26N2O7S/c1-5-33-20-11-17(7-9-19(20)34-14-23(29)32-4)12-21-24(30)27(25(31)35-21)13-22(28)26-18-8-6-15(2)16(3)10-18/h6-12H,5,13-14H2,1-4H3,(H,26,28)/b21-12+. The number of nitrogens with zero attached hydrogens (tertiary/aromatic N) is 1. The molecule has 0 radical (unpaired) electrons. The molecule has 1 aliphatic heterocycles. The number of ether oxygens (including phenoxy) is 3. The number of carbonyl (C=O) groups excluding carboxylic acids is 4. The first-order chi connectivity index (χ1) is 16.7. The van der Waals surface area contributed by atoms with Crippen LogP contribution in [-0.4, -0.2) is 54.8 Å². The average molecular weight is 499 g/mol. The summed E-state index contributed by atoms with van der Waals surface area (Å²) in [6.07, 6.45) is 1.54. The predicted molar refractivity (Wildman–Crippen MR) is 132 cm³/mol. The Morgan fingerprint density at radius 3 is 2.49 bits per heavy atom. The van der Waals surface area contributed by atoms with Gasteiger partial charge in [0.25, 0.3) is 11.1 Å². The van der Waals surface area contributed by atoms with E-state index in [-0.39, 0.29) is 18.1 Å². The number of imide groups is 1. The monoisotopic (exact) mass is 498 g/mol. The molecule has 0 aliphatic carbocycles. The number of amides is 3. The topological polar surface area (TPSA) is 111 Å². The highest BCUT2D eigenvalue weighted by molar-refractivity contribution is 8.18. The Kier molecular flexibility index (Phi) is 8.53. The molecule has 3 amide bonds. The summed E-state index contributed by atoms with van der Waals surface area (Å²) >= 11 is 0.755. The molecule has 184 valence electrons. The van der Waals surface area contributed by atoms with Crippen LogP contribution in [0, 0.1) is 13.8 Å². The van der Waals surface area contributed by atoms with Crippen LogP contribution in [0.25, 0.3) is 6.08 Å². The first kappa shape index (κ1) is 25.8. The average Bonchev–Trinajstić information content (AvgIpc) is 3.08. The Balaban J connectivity index is 1.71. The number of anilines is 1.